The first-order chi connectivity index (χ1) is 19.4. The number of rotatable bonds is 2. The number of aliphatic hydroxyl groups is 3. The Kier molecular flexibility index (Phi) is 7.07. The van der Waals surface area contributed by atoms with Gasteiger partial charge in [0.15, 0.2) is 12.1 Å². The van der Waals surface area contributed by atoms with Crippen LogP contribution in [0, 0.1) is 52.3 Å². The van der Waals surface area contributed by atoms with Crippen molar-refractivity contribution in [2.45, 2.75) is 141 Å². The van der Waals surface area contributed by atoms with Crippen LogP contribution in [0.15, 0.2) is 0 Å². The van der Waals surface area contributed by atoms with E-state index >= 15 is 0 Å². The highest BCUT2D eigenvalue weighted by molar-refractivity contribution is 5.79. The van der Waals surface area contributed by atoms with Crippen LogP contribution in [0.2, 0.25) is 0 Å². The summed E-state index contributed by atoms with van der Waals surface area (Å²) in [5.74, 6) is 2.80. The van der Waals surface area contributed by atoms with Gasteiger partial charge in [-0.1, -0.05) is 27.7 Å². The summed E-state index contributed by atoms with van der Waals surface area (Å²) >= 11 is 0. The second-order valence-corrected chi connectivity index (χ2v) is 15.8. The fourth-order valence-electron chi connectivity index (χ4n) is 11.5. The van der Waals surface area contributed by atoms with E-state index in [9.17, 15) is 20.1 Å². The first-order valence-electron chi connectivity index (χ1n) is 16.6. The number of carbonyl (C=O) groups excluding carboxylic acids is 1. The van der Waals surface area contributed by atoms with Crippen LogP contribution in [0.4, 0.5) is 0 Å². The summed E-state index contributed by atoms with van der Waals surface area (Å²) in [6.07, 6.45) is 2.81. The predicted octanol–water partition coefficient (Wildman–Crippen LogP) is 3.82. The minimum absolute atomic E-state index is 0.0276. The molecule has 0 bridgehead atoms. The minimum atomic E-state index is -1.34. The highest BCUT2D eigenvalue weighted by Crippen LogP contribution is 2.71. The predicted molar refractivity (Wildman–Crippen MR) is 149 cm³/mol. The Hall–Kier alpha value is -0.610. The highest BCUT2D eigenvalue weighted by Gasteiger charge is 2.70. The lowest BCUT2D eigenvalue weighted by molar-refractivity contribution is -0.320. The number of aliphatic hydroxyl groups excluding tert-OH is 3. The van der Waals surface area contributed by atoms with Crippen molar-refractivity contribution >= 4 is 5.78 Å². The third-order valence-corrected chi connectivity index (χ3v) is 13.9. The molecule has 3 saturated heterocycles. The molecule has 7 rings (SSSR count). The summed E-state index contributed by atoms with van der Waals surface area (Å²) in [5.41, 5.74) is 0.134. The van der Waals surface area contributed by atoms with Crippen molar-refractivity contribution in [3.63, 3.8) is 0 Å². The lowest BCUT2D eigenvalue weighted by Gasteiger charge is -2.62. The molecule has 41 heavy (non-hydrogen) atoms. The molecule has 17 atom stereocenters. The van der Waals surface area contributed by atoms with Gasteiger partial charge in [0.2, 0.25) is 0 Å². The van der Waals surface area contributed by atoms with Crippen LogP contribution in [-0.2, 0) is 23.7 Å². The fourth-order valence-corrected chi connectivity index (χ4v) is 11.5. The molecule has 232 valence electrons. The van der Waals surface area contributed by atoms with Crippen LogP contribution in [0.5, 0.6) is 0 Å². The Morgan fingerprint density at radius 1 is 0.878 bits per heavy atom. The van der Waals surface area contributed by atoms with E-state index in [-0.39, 0.29) is 29.0 Å². The van der Waals surface area contributed by atoms with E-state index in [4.69, 9.17) is 18.9 Å². The molecule has 0 aromatic rings. The van der Waals surface area contributed by atoms with E-state index in [2.05, 4.69) is 27.7 Å². The van der Waals surface area contributed by atoms with Crippen LogP contribution in [-0.4, -0.2) is 76.4 Å². The summed E-state index contributed by atoms with van der Waals surface area (Å²) in [4.78, 5) is 12.8. The molecule has 3 aliphatic heterocycles. The zero-order valence-electron chi connectivity index (χ0n) is 25.5. The summed E-state index contributed by atoms with van der Waals surface area (Å²) in [6.45, 7) is 12.0. The van der Waals surface area contributed by atoms with Crippen LogP contribution in [0.3, 0.4) is 0 Å². The van der Waals surface area contributed by atoms with Crippen LogP contribution in [0.1, 0.15) is 92.4 Å². The van der Waals surface area contributed by atoms with Gasteiger partial charge >= 0.3 is 0 Å². The van der Waals surface area contributed by atoms with Crippen LogP contribution in [0.25, 0.3) is 0 Å². The second-order valence-electron chi connectivity index (χ2n) is 15.8. The van der Waals surface area contributed by atoms with Gasteiger partial charge in [0.1, 0.15) is 24.1 Å². The van der Waals surface area contributed by atoms with Gasteiger partial charge in [0.25, 0.3) is 0 Å². The molecule has 17 unspecified atom stereocenters. The molecular weight excluding hydrogens is 524 g/mol. The summed E-state index contributed by atoms with van der Waals surface area (Å²) in [6, 6.07) is 0. The van der Waals surface area contributed by atoms with Gasteiger partial charge < -0.3 is 34.3 Å². The molecule has 7 aliphatic rings. The first kappa shape index (κ1) is 29.1. The van der Waals surface area contributed by atoms with Crippen LogP contribution < -0.4 is 0 Å². The van der Waals surface area contributed by atoms with Gasteiger partial charge in [-0.15, -0.1) is 0 Å². The number of fused-ring (bicyclic) bond motifs is 7. The van der Waals surface area contributed by atoms with Crippen molar-refractivity contribution in [1.82, 2.24) is 0 Å². The zero-order valence-corrected chi connectivity index (χ0v) is 25.5. The van der Waals surface area contributed by atoms with Gasteiger partial charge in [-0.05, 0) is 91.8 Å². The maximum atomic E-state index is 12.8. The largest absolute Gasteiger partial charge is 0.388 e. The Labute approximate surface area is 244 Å². The SMILES string of the molecule is CC1CCC2(OC1)OC1CC3C4CC(OC5OC(C)C(O)C(O)C5O)C5CC(=O)CCC5(C)C4CCC3(C)C1C2C. The maximum Gasteiger partial charge on any atom is 0.186 e. The lowest BCUT2D eigenvalue weighted by atomic mass is 9.43. The molecule has 4 aliphatic carbocycles. The molecule has 3 N–H and O–H groups in total. The van der Waals surface area contributed by atoms with Crippen LogP contribution >= 0.6 is 0 Å². The standard InChI is InChI=1S/C33H52O8/c1-16-6-11-33(38-15-16)17(2)26-25(41-33)14-22-20-13-24(40-30-29(37)28(36)27(35)18(3)39-30)23-12-19(34)7-9-31(23,4)21(20)8-10-32(22,26)5/h16-18,20-30,35-37H,6-15H2,1-5H3. The Bertz CT molecular complexity index is 1030. The maximum absolute atomic E-state index is 12.8. The van der Waals surface area contributed by atoms with E-state index in [1.165, 1.54) is 6.42 Å². The molecule has 0 aromatic carbocycles. The fraction of sp³-hybridized carbons (Fsp3) is 0.970. The van der Waals surface area contributed by atoms with E-state index < -0.39 is 36.5 Å². The van der Waals surface area contributed by atoms with Crippen molar-refractivity contribution in [2.24, 2.45) is 52.3 Å². The molecule has 3 heterocycles. The molecule has 0 aromatic heterocycles. The number of Topliss-reactive ketones (excluding diaryl/α,β-unsaturated/α-hetero) is 1. The molecule has 7 fully saturated rings. The zero-order chi connectivity index (χ0) is 29.1. The average Bonchev–Trinajstić information content (AvgIpc) is 3.38. The average molecular weight is 577 g/mol. The number of hydrogen-bond acceptors (Lipinski definition) is 8. The Balaban J connectivity index is 1.17. The number of ketones is 1. The quantitative estimate of drug-likeness (QED) is 0.425. The van der Waals surface area contributed by atoms with Gasteiger partial charge in [-0.2, -0.15) is 0 Å². The highest BCUT2D eigenvalue weighted by atomic mass is 16.7. The van der Waals surface area contributed by atoms with E-state index in [1.54, 1.807) is 6.92 Å². The topological polar surface area (TPSA) is 115 Å². The third kappa shape index (κ3) is 4.21. The Morgan fingerprint density at radius 3 is 2.39 bits per heavy atom. The Morgan fingerprint density at radius 2 is 1.66 bits per heavy atom. The smallest absolute Gasteiger partial charge is 0.186 e. The third-order valence-electron chi connectivity index (χ3n) is 13.9. The lowest BCUT2D eigenvalue weighted by Crippen LogP contribution is -2.62. The van der Waals surface area contributed by atoms with E-state index in [0.717, 1.165) is 45.1 Å². The second kappa shape index (κ2) is 9.95. The molecule has 0 amide bonds. The summed E-state index contributed by atoms with van der Waals surface area (Å²) in [7, 11) is 0. The number of ether oxygens (including phenoxy) is 4. The molecule has 8 heteroatoms. The molecule has 8 nitrogen and oxygen atoms in total. The van der Waals surface area contributed by atoms with Crippen molar-refractivity contribution < 1.29 is 39.1 Å². The molecule has 0 radical (unpaired) electrons. The minimum Gasteiger partial charge on any atom is -0.388 e. The van der Waals surface area contributed by atoms with Gasteiger partial charge in [0, 0.05) is 25.2 Å². The van der Waals surface area contributed by atoms with Gasteiger partial charge in [0.05, 0.1) is 24.9 Å². The van der Waals surface area contributed by atoms with E-state index in [0.29, 0.717) is 54.1 Å². The molecular formula is C33H52O8. The van der Waals surface area contributed by atoms with Crippen molar-refractivity contribution in [3.05, 3.63) is 0 Å². The first-order valence-corrected chi connectivity index (χ1v) is 16.6. The van der Waals surface area contributed by atoms with Crippen molar-refractivity contribution in [1.29, 1.82) is 0 Å². The van der Waals surface area contributed by atoms with Gasteiger partial charge in [-0.3, -0.25) is 4.79 Å². The van der Waals surface area contributed by atoms with Gasteiger partial charge in [-0.25, -0.2) is 0 Å². The van der Waals surface area contributed by atoms with Crippen molar-refractivity contribution in [3.8, 4) is 0 Å². The summed E-state index contributed by atoms with van der Waals surface area (Å²) in [5, 5.41) is 31.5. The number of hydrogen-bond donors (Lipinski definition) is 3. The number of carbonyl (C=O) groups is 1. The summed E-state index contributed by atoms with van der Waals surface area (Å²) < 4.78 is 26.0. The molecule has 1 spiro atoms. The molecule has 4 saturated carbocycles. The monoisotopic (exact) mass is 576 g/mol. The normalized spacial score (nSPS) is 60.3. The van der Waals surface area contributed by atoms with E-state index in [1.807, 2.05) is 0 Å². The van der Waals surface area contributed by atoms with Crippen molar-refractivity contribution in [2.75, 3.05) is 6.61 Å².